The summed E-state index contributed by atoms with van der Waals surface area (Å²) in [5.74, 6) is -2.21. The topological polar surface area (TPSA) is 86.6 Å². The molecule has 24 heavy (non-hydrogen) atoms. The molecule has 1 unspecified atom stereocenters. The molecular formula is C19H19NO4. The molecular weight excluding hydrogens is 306 g/mol. The van der Waals surface area contributed by atoms with Gasteiger partial charge in [0.15, 0.2) is 0 Å². The molecule has 0 aromatic heterocycles. The lowest BCUT2D eigenvalue weighted by Gasteiger charge is -2.18. The predicted molar refractivity (Wildman–Crippen MR) is 91.6 cm³/mol. The van der Waals surface area contributed by atoms with Crippen molar-refractivity contribution >= 4 is 18.0 Å². The third-order valence-electron chi connectivity index (χ3n) is 3.51. The Kier molecular flexibility index (Phi) is 6.28. The summed E-state index contributed by atoms with van der Waals surface area (Å²) in [5.41, 5.74) is 1.68. The van der Waals surface area contributed by atoms with Crippen LogP contribution >= 0.6 is 0 Å². The van der Waals surface area contributed by atoms with Crippen molar-refractivity contribution in [3.8, 4) is 0 Å². The van der Waals surface area contributed by atoms with Gasteiger partial charge in [-0.25, -0.2) is 0 Å². The standard InChI is InChI=1S/C19H19NO4/c21-18(22)16(12-11-14-7-3-1-4-8-14)20-17(19(23)24)13-15-9-5-2-6-10-15/h1-12,16-17,20H,13H2,(H,21,22)(H,23,24)/t16?,17-/m1/s1. The molecule has 3 N–H and O–H groups in total. The Labute approximate surface area is 140 Å². The average molecular weight is 325 g/mol. The largest absolute Gasteiger partial charge is 0.480 e. The zero-order valence-electron chi connectivity index (χ0n) is 13.0. The maximum Gasteiger partial charge on any atom is 0.324 e. The van der Waals surface area contributed by atoms with E-state index in [2.05, 4.69) is 5.32 Å². The van der Waals surface area contributed by atoms with Gasteiger partial charge in [-0.1, -0.05) is 72.8 Å². The average Bonchev–Trinajstić information content (AvgIpc) is 2.59. The molecule has 0 saturated carbocycles. The summed E-state index contributed by atoms with van der Waals surface area (Å²) >= 11 is 0. The summed E-state index contributed by atoms with van der Waals surface area (Å²) in [5, 5.41) is 21.4. The lowest BCUT2D eigenvalue weighted by molar-refractivity contribution is -0.141. The molecule has 0 saturated heterocycles. The van der Waals surface area contributed by atoms with Crippen molar-refractivity contribution < 1.29 is 19.8 Å². The predicted octanol–water partition coefficient (Wildman–Crippen LogP) is 2.44. The number of hydrogen-bond acceptors (Lipinski definition) is 3. The van der Waals surface area contributed by atoms with Crippen LogP contribution in [0.5, 0.6) is 0 Å². The number of nitrogens with one attached hydrogen (secondary N) is 1. The normalized spacial score (nSPS) is 13.5. The Morgan fingerprint density at radius 2 is 1.50 bits per heavy atom. The highest BCUT2D eigenvalue weighted by Gasteiger charge is 2.24. The fourth-order valence-electron chi connectivity index (χ4n) is 2.26. The zero-order valence-corrected chi connectivity index (χ0v) is 13.0. The summed E-state index contributed by atoms with van der Waals surface area (Å²) in [6.07, 6.45) is 3.32. The molecule has 2 aromatic rings. The van der Waals surface area contributed by atoms with Crippen molar-refractivity contribution in [3.63, 3.8) is 0 Å². The lowest BCUT2D eigenvalue weighted by Crippen LogP contribution is -2.47. The van der Waals surface area contributed by atoms with E-state index < -0.39 is 24.0 Å². The Morgan fingerprint density at radius 1 is 0.917 bits per heavy atom. The molecule has 2 atom stereocenters. The van der Waals surface area contributed by atoms with Gasteiger partial charge >= 0.3 is 11.9 Å². The molecule has 0 fully saturated rings. The summed E-state index contributed by atoms with van der Waals surface area (Å²) in [6.45, 7) is 0. The van der Waals surface area contributed by atoms with Gasteiger partial charge in [-0.2, -0.15) is 0 Å². The van der Waals surface area contributed by atoms with Gasteiger partial charge in [-0.15, -0.1) is 0 Å². The highest BCUT2D eigenvalue weighted by atomic mass is 16.4. The molecule has 124 valence electrons. The van der Waals surface area contributed by atoms with Crippen LogP contribution < -0.4 is 5.32 Å². The smallest absolute Gasteiger partial charge is 0.324 e. The van der Waals surface area contributed by atoms with Crippen LogP contribution in [0, 0.1) is 0 Å². The van der Waals surface area contributed by atoms with Gasteiger partial charge in [-0.05, 0) is 17.5 Å². The molecule has 0 heterocycles. The Hall–Kier alpha value is -2.92. The first-order valence-corrected chi connectivity index (χ1v) is 7.55. The highest BCUT2D eigenvalue weighted by molar-refractivity contribution is 5.80. The van der Waals surface area contributed by atoms with E-state index in [1.54, 1.807) is 6.08 Å². The molecule has 0 aliphatic rings. The quantitative estimate of drug-likeness (QED) is 0.694. The number of aliphatic carboxylic acids is 2. The van der Waals surface area contributed by atoms with E-state index in [1.807, 2.05) is 60.7 Å². The molecule has 0 aliphatic carbocycles. The lowest BCUT2D eigenvalue weighted by atomic mass is 10.0. The van der Waals surface area contributed by atoms with Crippen molar-refractivity contribution in [1.82, 2.24) is 5.32 Å². The van der Waals surface area contributed by atoms with E-state index in [0.29, 0.717) is 0 Å². The van der Waals surface area contributed by atoms with Gasteiger partial charge in [0, 0.05) is 0 Å². The maximum atomic E-state index is 11.5. The first kappa shape index (κ1) is 17.4. The first-order chi connectivity index (χ1) is 11.6. The number of rotatable bonds is 8. The molecule has 0 aliphatic heterocycles. The molecule has 2 rings (SSSR count). The van der Waals surface area contributed by atoms with Gasteiger partial charge in [0.25, 0.3) is 0 Å². The van der Waals surface area contributed by atoms with E-state index in [1.165, 1.54) is 6.08 Å². The van der Waals surface area contributed by atoms with Crippen LogP contribution in [0.25, 0.3) is 6.08 Å². The van der Waals surface area contributed by atoms with Crippen molar-refractivity contribution in [3.05, 3.63) is 77.9 Å². The second-order valence-electron chi connectivity index (χ2n) is 5.33. The van der Waals surface area contributed by atoms with Crippen LogP contribution in [0.4, 0.5) is 0 Å². The monoisotopic (exact) mass is 325 g/mol. The molecule has 5 heteroatoms. The second-order valence-corrected chi connectivity index (χ2v) is 5.33. The van der Waals surface area contributed by atoms with E-state index in [0.717, 1.165) is 11.1 Å². The van der Waals surface area contributed by atoms with Crippen LogP contribution in [-0.4, -0.2) is 34.2 Å². The molecule has 5 nitrogen and oxygen atoms in total. The van der Waals surface area contributed by atoms with Crippen LogP contribution in [0.15, 0.2) is 66.7 Å². The van der Waals surface area contributed by atoms with Crippen LogP contribution in [-0.2, 0) is 16.0 Å². The number of hydrogen-bond donors (Lipinski definition) is 3. The van der Waals surface area contributed by atoms with Gasteiger partial charge < -0.3 is 10.2 Å². The minimum Gasteiger partial charge on any atom is -0.480 e. The first-order valence-electron chi connectivity index (χ1n) is 7.55. The molecule has 0 radical (unpaired) electrons. The fourth-order valence-corrected chi connectivity index (χ4v) is 2.26. The third kappa shape index (κ3) is 5.37. The van der Waals surface area contributed by atoms with Crippen LogP contribution in [0.1, 0.15) is 11.1 Å². The maximum absolute atomic E-state index is 11.5. The Morgan fingerprint density at radius 3 is 2.04 bits per heavy atom. The van der Waals surface area contributed by atoms with Gasteiger partial charge in [0.2, 0.25) is 0 Å². The molecule has 0 amide bonds. The summed E-state index contributed by atoms with van der Waals surface area (Å²) in [4.78, 5) is 22.9. The third-order valence-corrected chi connectivity index (χ3v) is 3.51. The van der Waals surface area contributed by atoms with E-state index in [9.17, 15) is 19.8 Å². The SMILES string of the molecule is O=C(O)C(C=Cc1ccccc1)N[C@H](Cc1ccccc1)C(=O)O. The van der Waals surface area contributed by atoms with E-state index >= 15 is 0 Å². The minimum atomic E-state index is -1.12. The summed E-state index contributed by atoms with van der Waals surface area (Å²) in [7, 11) is 0. The molecule has 0 spiro atoms. The second kappa shape index (κ2) is 8.64. The van der Waals surface area contributed by atoms with Gasteiger partial charge in [0.05, 0.1) is 0 Å². The van der Waals surface area contributed by atoms with Crippen LogP contribution in [0.3, 0.4) is 0 Å². The van der Waals surface area contributed by atoms with Crippen molar-refractivity contribution in [2.24, 2.45) is 0 Å². The zero-order chi connectivity index (χ0) is 17.4. The fraction of sp³-hybridized carbons (Fsp3) is 0.158. The van der Waals surface area contributed by atoms with Crippen molar-refractivity contribution in [1.29, 1.82) is 0 Å². The summed E-state index contributed by atoms with van der Waals surface area (Å²) < 4.78 is 0. The molecule has 2 aromatic carbocycles. The number of carboxylic acid groups (broad SMARTS) is 2. The Balaban J connectivity index is 2.10. The van der Waals surface area contributed by atoms with Crippen molar-refractivity contribution in [2.45, 2.75) is 18.5 Å². The number of benzene rings is 2. The minimum absolute atomic E-state index is 0.207. The van der Waals surface area contributed by atoms with Crippen LogP contribution in [0.2, 0.25) is 0 Å². The van der Waals surface area contributed by atoms with Crippen molar-refractivity contribution in [2.75, 3.05) is 0 Å². The van der Waals surface area contributed by atoms with E-state index in [-0.39, 0.29) is 6.42 Å². The molecule has 0 bridgehead atoms. The summed E-state index contributed by atoms with van der Waals surface area (Å²) in [6, 6.07) is 16.3. The number of carboxylic acids is 2. The highest BCUT2D eigenvalue weighted by Crippen LogP contribution is 2.07. The Bertz CT molecular complexity index is 698. The van der Waals surface area contributed by atoms with Gasteiger partial charge in [-0.3, -0.25) is 14.9 Å². The van der Waals surface area contributed by atoms with E-state index in [4.69, 9.17) is 0 Å². The van der Waals surface area contributed by atoms with Gasteiger partial charge in [0.1, 0.15) is 12.1 Å². The number of carbonyl (C=O) groups is 2.